The molecular formula is C20H12F6N2O3S. The third kappa shape index (κ3) is 5.13. The second kappa shape index (κ2) is 8.69. The predicted octanol–water partition coefficient (Wildman–Crippen LogP) is 5.55. The zero-order valence-electron chi connectivity index (χ0n) is 16.0. The molecule has 1 fully saturated rings. The van der Waals surface area contributed by atoms with Crippen molar-refractivity contribution >= 4 is 40.2 Å². The number of esters is 1. The summed E-state index contributed by atoms with van der Waals surface area (Å²) >= 11 is 0.611. The molecule has 1 amide bonds. The topological polar surface area (TPSA) is 59.0 Å². The Hall–Kier alpha value is -3.28. The highest BCUT2D eigenvalue weighted by molar-refractivity contribution is 8.19. The van der Waals surface area contributed by atoms with E-state index in [9.17, 15) is 35.9 Å². The van der Waals surface area contributed by atoms with Crippen LogP contribution in [0.25, 0.3) is 0 Å². The Morgan fingerprint density at radius 3 is 2.19 bits per heavy atom. The summed E-state index contributed by atoms with van der Waals surface area (Å²) in [6.07, 6.45) is -8.53. The second-order valence-corrected chi connectivity index (χ2v) is 7.27. The summed E-state index contributed by atoms with van der Waals surface area (Å²) in [7, 11) is 1.06. The average molecular weight is 474 g/mol. The molecule has 2 aromatic rings. The number of nitrogens with zero attached hydrogens (tertiary/aromatic N) is 2. The van der Waals surface area contributed by atoms with E-state index in [1.165, 1.54) is 12.1 Å². The maximum absolute atomic E-state index is 13.1. The van der Waals surface area contributed by atoms with Crippen LogP contribution in [0.2, 0.25) is 0 Å². The van der Waals surface area contributed by atoms with E-state index in [4.69, 9.17) is 0 Å². The quantitative estimate of drug-likeness (QED) is 0.333. The van der Waals surface area contributed by atoms with Gasteiger partial charge in [0.2, 0.25) is 0 Å². The van der Waals surface area contributed by atoms with Gasteiger partial charge < -0.3 is 4.74 Å². The first kappa shape index (κ1) is 23.4. The predicted molar refractivity (Wildman–Crippen MR) is 105 cm³/mol. The van der Waals surface area contributed by atoms with Crippen LogP contribution < -0.4 is 4.90 Å². The van der Waals surface area contributed by atoms with E-state index in [-0.39, 0.29) is 21.4 Å². The van der Waals surface area contributed by atoms with Crippen molar-refractivity contribution in [3.63, 3.8) is 0 Å². The van der Waals surface area contributed by atoms with Gasteiger partial charge in [-0.15, -0.1) is 0 Å². The number of benzene rings is 2. The average Bonchev–Trinajstić information content (AvgIpc) is 3.01. The maximum Gasteiger partial charge on any atom is 0.416 e. The van der Waals surface area contributed by atoms with Gasteiger partial charge in [0.15, 0.2) is 5.17 Å². The number of methoxy groups -OCH3 is 1. The van der Waals surface area contributed by atoms with Gasteiger partial charge in [-0.2, -0.15) is 26.3 Å². The van der Waals surface area contributed by atoms with Crippen molar-refractivity contribution in [3.8, 4) is 0 Å². The molecule has 0 bridgehead atoms. The van der Waals surface area contributed by atoms with Crippen molar-refractivity contribution in [3.05, 3.63) is 70.6 Å². The Labute approximate surface area is 181 Å². The molecule has 1 aliphatic heterocycles. The molecule has 0 radical (unpaired) electrons. The zero-order valence-corrected chi connectivity index (χ0v) is 16.8. The Morgan fingerprint density at radius 1 is 1.00 bits per heavy atom. The number of hydrogen-bond acceptors (Lipinski definition) is 5. The van der Waals surface area contributed by atoms with Crippen LogP contribution in [0.1, 0.15) is 11.1 Å². The molecular weight excluding hydrogens is 462 g/mol. The van der Waals surface area contributed by atoms with E-state index in [2.05, 4.69) is 9.73 Å². The van der Waals surface area contributed by atoms with Crippen LogP contribution in [0.5, 0.6) is 0 Å². The number of halogens is 6. The highest BCUT2D eigenvalue weighted by Crippen LogP contribution is 2.39. The molecule has 168 valence electrons. The van der Waals surface area contributed by atoms with Gasteiger partial charge in [0, 0.05) is 6.08 Å². The number of amidine groups is 1. The van der Waals surface area contributed by atoms with Crippen molar-refractivity contribution in [2.75, 3.05) is 12.0 Å². The third-order valence-corrected chi connectivity index (χ3v) is 5.06. The van der Waals surface area contributed by atoms with E-state index in [0.29, 0.717) is 17.8 Å². The van der Waals surface area contributed by atoms with Crippen molar-refractivity contribution in [1.29, 1.82) is 0 Å². The Balaban J connectivity index is 2.12. The van der Waals surface area contributed by atoms with Crippen LogP contribution in [0.3, 0.4) is 0 Å². The third-order valence-electron chi connectivity index (χ3n) is 4.09. The molecule has 0 aliphatic carbocycles. The fourth-order valence-corrected chi connectivity index (χ4v) is 3.59. The highest BCUT2D eigenvalue weighted by Gasteiger charge is 2.38. The van der Waals surface area contributed by atoms with Crippen LogP contribution in [0.4, 0.5) is 37.7 Å². The van der Waals surface area contributed by atoms with E-state index < -0.39 is 35.4 Å². The van der Waals surface area contributed by atoms with Gasteiger partial charge in [-0.25, -0.2) is 9.79 Å². The Morgan fingerprint density at radius 2 is 1.59 bits per heavy atom. The number of carbonyl (C=O) groups is 2. The summed E-state index contributed by atoms with van der Waals surface area (Å²) in [6, 6.07) is 7.65. The fraction of sp³-hybridized carbons (Fsp3) is 0.150. The normalized spacial score (nSPS) is 17.3. The maximum atomic E-state index is 13.1. The number of alkyl halides is 6. The molecule has 32 heavy (non-hydrogen) atoms. The molecule has 5 nitrogen and oxygen atoms in total. The van der Waals surface area contributed by atoms with Crippen LogP contribution in [0.15, 0.2) is 64.5 Å². The second-order valence-electron chi connectivity index (χ2n) is 6.26. The summed E-state index contributed by atoms with van der Waals surface area (Å²) in [4.78, 5) is 29.0. The molecule has 0 spiro atoms. The van der Waals surface area contributed by atoms with Gasteiger partial charge in [0.05, 0.1) is 34.5 Å². The molecule has 1 saturated heterocycles. The molecule has 0 unspecified atom stereocenters. The van der Waals surface area contributed by atoms with Crippen molar-refractivity contribution in [2.24, 2.45) is 4.99 Å². The lowest BCUT2D eigenvalue weighted by molar-refractivity contribution is -0.138. The van der Waals surface area contributed by atoms with E-state index in [1.807, 2.05) is 0 Å². The number of carbonyl (C=O) groups excluding carboxylic acids is 2. The number of anilines is 1. The van der Waals surface area contributed by atoms with Crippen molar-refractivity contribution < 1.29 is 40.7 Å². The number of thioether (sulfide) groups is 1. The zero-order chi connectivity index (χ0) is 23.7. The number of ether oxygens (including phenoxy) is 1. The monoisotopic (exact) mass is 474 g/mol. The molecule has 3 rings (SSSR count). The molecule has 1 heterocycles. The molecule has 0 saturated carbocycles. The minimum absolute atomic E-state index is 0.189. The van der Waals surface area contributed by atoms with Crippen LogP contribution >= 0.6 is 11.8 Å². The number of rotatable bonds is 3. The summed E-state index contributed by atoms with van der Waals surface area (Å²) in [5, 5.41) is -0.233. The minimum Gasteiger partial charge on any atom is -0.466 e. The first-order valence-electron chi connectivity index (χ1n) is 8.65. The summed E-state index contributed by atoms with van der Waals surface area (Å²) in [6.45, 7) is 0. The summed E-state index contributed by atoms with van der Waals surface area (Å²) in [5.41, 5.74) is -2.45. The van der Waals surface area contributed by atoms with Gasteiger partial charge in [-0.05, 0) is 48.2 Å². The lowest BCUT2D eigenvalue weighted by Gasteiger charge is -2.17. The van der Waals surface area contributed by atoms with Crippen LogP contribution in [0, 0.1) is 0 Å². The van der Waals surface area contributed by atoms with Crippen LogP contribution in [-0.2, 0) is 26.7 Å². The van der Waals surface area contributed by atoms with Gasteiger partial charge in [-0.1, -0.05) is 12.1 Å². The van der Waals surface area contributed by atoms with Gasteiger partial charge in [-0.3, -0.25) is 9.69 Å². The standard InChI is InChI=1S/C20H12F6N2O3S/c1-31-16(29)10-15-17(30)28(14-7-3-5-12(9-14)20(24,25)26)18(32-15)27-13-6-2-4-11(8-13)19(21,22)23/h2-10H,1H3/b15-10-,27-18?. The SMILES string of the molecule is COC(=O)/C=C1\SC(=Nc2cccc(C(F)(F)F)c2)N(c2cccc(C(F)(F)F)c2)C1=O. The smallest absolute Gasteiger partial charge is 0.416 e. The molecule has 0 N–H and O–H groups in total. The molecule has 0 aromatic heterocycles. The Bertz CT molecular complexity index is 1120. The van der Waals surface area contributed by atoms with E-state index in [0.717, 1.165) is 48.4 Å². The Kier molecular flexibility index (Phi) is 6.35. The van der Waals surface area contributed by atoms with Crippen molar-refractivity contribution in [1.82, 2.24) is 0 Å². The van der Waals surface area contributed by atoms with Gasteiger partial charge >= 0.3 is 18.3 Å². The number of aliphatic imine (C=N–C) groups is 1. The minimum atomic E-state index is -4.70. The van der Waals surface area contributed by atoms with Crippen LogP contribution in [-0.4, -0.2) is 24.2 Å². The largest absolute Gasteiger partial charge is 0.466 e. The number of amides is 1. The lowest BCUT2D eigenvalue weighted by atomic mass is 10.2. The van der Waals surface area contributed by atoms with Crippen molar-refractivity contribution in [2.45, 2.75) is 12.4 Å². The fourth-order valence-electron chi connectivity index (χ4n) is 2.63. The molecule has 1 aliphatic rings. The molecule has 0 atom stereocenters. The lowest BCUT2D eigenvalue weighted by Crippen LogP contribution is -2.29. The van der Waals surface area contributed by atoms with E-state index >= 15 is 0 Å². The van der Waals surface area contributed by atoms with Gasteiger partial charge in [0.1, 0.15) is 0 Å². The first-order chi connectivity index (χ1) is 14.9. The molecule has 2 aromatic carbocycles. The van der Waals surface area contributed by atoms with Gasteiger partial charge in [0.25, 0.3) is 5.91 Å². The summed E-state index contributed by atoms with van der Waals surface area (Å²) in [5.74, 6) is -1.78. The summed E-state index contributed by atoms with van der Waals surface area (Å²) < 4.78 is 82.8. The first-order valence-corrected chi connectivity index (χ1v) is 9.47. The molecule has 12 heteroatoms. The highest BCUT2D eigenvalue weighted by atomic mass is 32.2. The number of hydrogen-bond donors (Lipinski definition) is 0. The van der Waals surface area contributed by atoms with E-state index in [1.54, 1.807) is 0 Å².